The third kappa shape index (κ3) is 2.19. The third-order valence-corrected chi connectivity index (χ3v) is 3.62. The van der Waals surface area contributed by atoms with E-state index in [0.717, 1.165) is 0 Å². The summed E-state index contributed by atoms with van der Waals surface area (Å²) in [5.74, 6) is -0.851. The minimum absolute atomic E-state index is 0.000556. The van der Waals surface area contributed by atoms with Crippen molar-refractivity contribution in [1.82, 2.24) is 5.32 Å². The van der Waals surface area contributed by atoms with Gasteiger partial charge in [0.05, 0.1) is 6.61 Å². The lowest BCUT2D eigenvalue weighted by molar-refractivity contribution is -0.144. The number of hydrogen-bond acceptors (Lipinski definition) is 4. The number of carboxylic acid groups (broad SMARTS) is 1. The Kier molecular flexibility index (Phi) is 3.04. The van der Waals surface area contributed by atoms with Gasteiger partial charge >= 0.3 is 5.97 Å². The number of carboxylic acids is 1. The maximum absolute atomic E-state index is 10.7. The van der Waals surface area contributed by atoms with Crippen molar-refractivity contribution in [3.8, 4) is 0 Å². The molecule has 2 unspecified atom stereocenters. The monoisotopic (exact) mass is 227 g/mol. The Morgan fingerprint density at radius 1 is 1.73 bits per heavy atom. The number of morpholine rings is 1. The molecule has 1 saturated heterocycles. The standard InChI is InChI=1S/C10H13NO3S/c1-6-2-3-15-9(6)8-4-11-7(5-14-8)10(12)13/h2-3,7-8,11H,4-5H2,1H3,(H,12,13). The lowest BCUT2D eigenvalue weighted by Gasteiger charge is -2.27. The van der Waals surface area contributed by atoms with Crippen molar-refractivity contribution in [2.24, 2.45) is 0 Å². The average molecular weight is 227 g/mol. The molecule has 2 atom stereocenters. The molecule has 0 bridgehead atoms. The van der Waals surface area contributed by atoms with E-state index in [1.807, 2.05) is 18.4 Å². The normalized spacial score (nSPS) is 26.5. The van der Waals surface area contributed by atoms with Crippen LogP contribution in [0, 0.1) is 6.92 Å². The molecule has 2 rings (SSSR count). The minimum Gasteiger partial charge on any atom is -0.480 e. The molecule has 0 spiro atoms. The smallest absolute Gasteiger partial charge is 0.323 e. The van der Waals surface area contributed by atoms with Crippen molar-refractivity contribution in [3.05, 3.63) is 21.9 Å². The van der Waals surface area contributed by atoms with Crippen LogP contribution in [0.15, 0.2) is 11.4 Å². The highest BCUT2D eigenvalue weighted by atomic mass is 32.1. The Labute approximate surface area is 91.9 Å². The number of hydrogen-bond donors (Lipinski definition) is 2. The van der Waals surface area contributed by atoms with Crippen molar-refractivity contribution in [1.29, 1.82) is 0 Å². The second-order valence-corrected chi connectivity index (χ2v) is 4.54. The molecule has 1 aromatic heterocycles. The molecule has 0 radical (unpaired) electrons. The van der Waals surface area contributed by atoms with Crippen LogP contribution in [0.1, 0.15) is 16.5 Å². The van der Waals surface area contributed by atoms with E-state index < -0.39 is 12.0 Å². The van der Waals surface area contributed by atoms with Gasteiger partial charge in [-0.15, -0.1) is 11.3 Å². The molecule has 0 saturated carbocycles. The molecule has 1 aliphatic heterocycles. The number of ether oxygens (including phenoxy) is 1. The predicted molar refractivity (Wildman–Crippen MR) is 57.2 cm³/mol. The first-order valence-electron chi connectivity index (χ1n) is 4.80. The first-order chi connectivity index (χ1) is 7.18. The summed E-state index contributed by atoms with van der Waals surface area (Å²) in [6.07, 6.45) is 0.000556. The predicted octanol–water partition coefficient (Wildman–Crippen LogP) is 1.17. The van der Waals surface area contributed by atoms with E-state index in [2.05, 4.69) is 5.32 Å². The average Bonchev–Trinajstić information content (AvgIpc) is 2.65. The van der Waals surface area contributed by atoms with Crippen LogP contribution in [0.3, 0.4) is 0 Å². The highest BCUT2D eigenvalue weighted by Crippen LogP contribution is 2.27. The van der Waals surface area contributed by atoms with Gasteiger partial charge in [-0.25, -0.2) is 0 Å². The zero-order valence-electron chi connectivity index (χ0n) is 8.40. The Bertz CT molecular complexity index is 355. The molecule has 0 aliphatic carbocycles. The van der Waals surface area contributed by atoms with Gasteiger partial charge in [-0.05, 0) is 23.9 Å². The van der Waals surface area contributed by atoms with Crippen molar-refractivity contribution >= 4 is 17.3 Å². The van der Waals surface area contributed by atoms with E-state index >= 15 is 0 Å². The molecule has 4 nitrogen and oxygen atoms in total. The molecule has 2 N–H and O–H groups in total. The summed E-state index contributed by atoms with van der Waals surface area (Å²) in [5, 5.41) is 13.8. The van der Waals surface area contributed by atoms with Crippen LogP contribution in [-0.2, 0) is 9.53 Å². The molecular formula is C10H13NO3S. The van der Waals surface area contributed by atoms with Gasteiger partial charge < -0.3 is 9.84 Å². The van der Waals surface area contributed by atoms with E-state index in [-0.39, 0.29) is 12.7 Å². The molecular weight excluding hydrogens is 214 g/mol. The van der Waals surface area contributed by atoms with Gasteiger partial charge in [-0.3, -0.25) is 10.1 Å². The summed E-state index contributed by atoms with van der Waals surface area (Å²) < 4.78 is 5.54. The van der Waals surface area contributed by atoms with Gasteiger partial charge in [0.15, 0.2) is 0 Å². The zero-order valence-corrected chi connectivity index (χ0v) is 9.21. The SMILES string of the molecule is Cc1ccsc1C1CNC(C(=O)O)CO1. The molecule has 0 aromatic carbocycles. The molecule has 82 valence electrons. The lowest BCUT2D eigenvalue weighted by Crippen LogP contribution is -2.47. The van der Waals surface area contributed by atoms with Gasteiger partial charge in [0, 0.05) is 11.4 Å². The quantitative estimate of drug-likeness (QED) is 0.796. The van der Waals surface area contributed by atoms with E-state index in [4.69, 9.17) is 9.84 Å². The maximum Gasteiger partial charge on any atom is 0.323 e. The summed E-state index contributed by atoms with van der Waals surface area (Å²) in [6.45, 7) is 2.84. The highest BCUT2D eigenvalue weighted by Gasteiger charge is 2.27. The lowest BCUT2D eigenvalue weighted by atomic mass is 10.1. The largest absolute Gasteiger partial charge is 0.480 e. The molecule has 1 aromatic rings. The fraction of sp³-hybridized carbons (Fsp3) is 0.500. The topological polar surface area (TPSA) is 58.6 Å². The van der Waals surface area contributed by atoms with Gasteiger partial charge in [0.25, 0.3) is 0 Å². The molecule has 5 heteroatoms. The van der Waals surface area contributed by atoms with Gasteiger partial charge in [-0.1, -0.05) is 0 Å². The second kappa shape index (κ2) is 4.30. The van der Waals surface area contributed by atoms with E-state index in [1.165, 1.54) is 10.4 Å². The summed E-state index contributed by atoms with van der Waals surface area (Å²) >= 11 is 1.65. The molecule has 2 heterocycles. The number of carbonyl (C=O) groups is 1. The Morgan fingerprint density at radius 2 is 2.53 bits per heavy atom. The van der Waals surface area contributed by atoms with Crippen molar-refractivity contribution in [2.45, 2.75) is 19.1 Å². The first-order valence-corrected chi connectivity index (χ1v) is 5.68. The molecule has 15 heavy (non-hydrogen) atoms. The van der Waals surface area contributed by atoms with Gasteiger partial charge in [-0.2, -0.15) is 0 Å². The fourth-order valence-corrected chi connectivity index (χ4v) is 2.60. The van der Waals surface area contributed by atoms with Crippen LogP contribution < -0.4 is 5.32 Å². The summed E-state index contributed by atoms with van der Waals surface area (Å²) in [4.78, 5) is 11.9. The number of aliphatic carboxylic acids is 1. The summed E-state index contributed by atoms with van der Waals surface area (Å²) in [6, 6.07) is 1.48. The van der Waals surface area contributed by atoms with Crippen LogP contribution in [0.5, 0.6) is 0 Å². The van der Waals surface area contributed by atoms with Gasteiger partial charge in [0.1, 0.15) is 12.1 Å². The van der Waals surface area contributed by atoms with Crippen LogP contribution in [-0.4, -0.2) is 30.3 Å². The zero-order chi connectivity index (χ0) is 10.8. The fourth-order valence-electron chi connectivity index (χ4n) is 1.62. The first kappa shape index (κ1) is 10.6. The van der Waals surface area contributed by atoms with Crippen LogP contribution >= 0.6 is 11.3 Å². The number of aryl methyl sites for hydroxylation is 1. The van der Waals surface area contributed by atoms with E-state index in [9.17, 15) is 4.79 Å². The van der Waals surface area contributed by atoms with Gasteiger partial charge in [0.2, 0.25) is 0 Å². The minimum atomic E-state index is -0.851. The Morgan fingerprint density at radius 3 is 3.00 bits per heavy atom. The summed E-state index contributed by atoms with van der Waals surface area (Å²) in [7, 11) is 0. The second-order valence-electron chi connectivity index (χ2n) is 3.59. The van der Waals surface area contributed by atoms with Crippen molar-refractivity contribution in [3.63, 3.8) is 0 Å². The maximum atomic E-state index is 10.7. The molecule has 0 amide bonds. The van der Waals surface area contributed by atoms with E-state index in [0.29, 0.717) is 6.54 Å². The molecule has 1 fully saturated rings. The summed E-state index contributed by atoms with van der Waals surface area (Å²) in [5.41, 5.74) is 1.21. The number of thiophene rings is 1. The molecule has 1 aliphatic rings. The third-order valence-electron chi connectivity index (χ3n) is 2.51. The number of rotatable bonds is 2. The Balaban J connectivity index is 2.00. The van der Waals surface area contributed by atoms with Crippen LogP contribution in [0.25, 0.3) is 0 Å². The van der Waals surface area contributed by atoms with E-state index in [1.54, 1.807) is 11.3 Å². The highest BCUT2D eigenvalue weighted by molar-refractivity contribution is 7.10. The van der Waals surface area contributed by atoms with Crippen LogP contribution in [0.2, 0.25) is 0 Å². The van der Waals surface area contributed by atoms with Crippen LogP contribution in [0.4, 0.5) is 0 Å². The number of nitrogens with one attached hydrogen (secondary N) is 1. The van der Waals surface area contributed by atoms with Crippen molar-refractivity contribution < 1.29 is 14.6 Å². The van der Waals surface area contributed by atoms with Crippen molar-refractivity contribution in [2.75, 3.05) is 13.2 Å². The Hall–Kier alpha value is -0.910.